The normalized spacial score (nSPS) is 9.20. The summed E-state index contributed by atoms with van der Waals surface area (Å²) in [7, 11) is 0. The molecule has 0 aliphatic rings. The third-order valence-electron chi connectivity index (χ3n) is 2.29. The molecular weight excluding hydrogens is 424 g/mol. The molecule has 20 heavy (non-hydrogen) atoms. The van der Waals surface area contributed by atoms with E-state index in [-0.39, 0.29) is 44.3 Å². The van der Waals surface area contributed by atoms with Crippen LogP contribution in [-0.2, 0) is 12.8 Å². The highest BCUT2D eigenvalue weighted by molar-refractivity contribution is 8.93. The lowest BCUT2D eigenvalue weighted by molar-refractivity contribution is 1.10. The van der Waals surface area contributed by atoms with Gasteiger partial charge in [0.15, 0.2) is 10.3 Å². The number of nitrogens with one attached hydrogen (secondary N) is 2. The molecule has 4 nitrogen and oxygen atoms in total. The van der Waals surface area contributed by atoms with Gasteiger partial charge in [0.25, 0.3) is 0 Å². The van der Waals surface area contributed by atoms with E-state index in [0.717, 1.165) is 24.3 Å². The second-order valence-electron chi connectivity index (χ2n) is 3.75. The van der Waals surface area contributed by atoms with Crippen LogP contribution in [0.15, 0.2) is 24.3 Å². The van der Waals surface area contributed by atoms with Gasteiger partial charge < -0.3 is 11.5 Å². The SMILES string of the molecule is Br.Br.N=C(N)SCCc1cccc(CCSC(=N)N)c1. The van der Waals surface area contributed by atoms with E-state index in [1.807, 2.05) is 6.07 Å². The monoisotopic (exact) mass is 442 g/mol. The lowest BCUT2D eigenvalue weighted by atomic mass is 10.1. The van der Waals surface area contributed by atoms with Crippen molar-refractivity contribution >= 4 is 67.8 Å². The molecule has 8 heteroatoms. The Kier molecular flexibility index (Phi) is 13.9. The summed E-state index contributed by atoms with van der Waals surface area (Å²) in [6, 6.07) is 8.38. The molecule has 0 aliphatic heterocycles. The van der Waals surface area contributed by atoms with Gasteiger partial charge in [-0.1, -0.05) is 47.8 Å². The zero-order chi connectivity index (χ0) is 13.4. The van der Waals surface area contributed by atoms with E-state index in [2.05, 4.69) is 18.2 Å². The van der Waals surface area contributed by atoms with E-state index in [9.17, 15) is 0 Å². The number of hydrogen-bond acceptors (Lipinski definition) is 4. The number of rotatable bonds is 6. The van der Waals surface area contributed by atoms with Gasteiger partial charge in [0.2, 0.25) is 0 Å². The summed E-state index contributed by atoms with van der Waals surface area (Å²) < 4.78 is 0. The number of halogens is 2. The van der Waals surface area contributed by atoms with E-state index in [0.29, 0.717) is 0 Å². The second-order valence-corrected chi connectivity index (χ2v) is 6.02. The molecular formula is C12H20Br2N4S2. The zero-order valence-electron chi connectivity index (χ0n) is 10.9. The standard InChI is InChI=1S/C12H18N4S2.2BrH/c13-11(14)17-6-4-9-2-1-3-10(8-9)5-7-18-12(15)16;;/h1-3,8H,4-7H2,(H3,13,14)(H3,15,16);2*1H. The quantitative estimate of drug-likeness (QED) is 0.400. The molecule has 0 fully saturated rings. The van der Waals surface area contributed by atoms with Crippen LogP contribution in [0, 0.1) is 10.8 Å². The van der Waals surface area contributed by atoms with Gasteiger partial charge in [0.05, 0.1) is 0 Å². The average molecular weight is 444 g/mol. The zero-order valence-corrected chi connectivity index (χ0v) is 16.0. The van der Waals surface area contributed by atoms with Gasteiger partial charge in [0.1, 0.15) is 0 Å². The Balaban J connectivity index is 0. The van der Waals surface area contributed by atoms with E-state index in [1.165, 1.54) is 34.7 Å². The molecule has 6 N–H and O–H groups in total. The van der Waals surface area contributed by atoms with Gasteiger partial charge in [-0.3, -0.25) is 10.8 Å². The summed E-state index contributed by atoms with van der Waals surface area (Å²) in [6.45, 7) is 0. The first kappa shape index (κ1) is 22.1. The Morgan fingerprint density at radius 1 is 0.900 bits per heavy atom. The van der Waals surface area contributed by atoms with Crippen molar-refractivity contribution in [2.24, 2.45) is 11.5 Å². The maximum absolute atomic E-state index is 7.14. The van der Waals surface area contributed by atoms with E-state index < -0.39 is 0 Å². The van der Waals surface area contributed by atoms with Crippen LogP contribution < -0.4 is 11.5 Å². The molecule has 1 aromatic carbocycles. The Labute approximate surface area is 149 Å². The van der Waals surface area contributed by atoms with Crippen LogP contribution in [-0.4, -0.2) is 21.8 Å². The van der Waals surface area contributed by atoms with Crippen molar-refractivity contribution in [1.29, 1.82) is 10.8 Å². The predicted octanol–water partition coefficient (Wildman–Crippen LogP) is 3.18. The van der Waals surface area contributed by atoms with E-state index >= 15 is 0 Å². The van der Waals surface area contributed by atoms with E-state index in [4.69, 9.17) is 22.3 Å². The number of aryl methyl sites for hydroxylation is 2. The minimum Gasteiger partial charge on any atom is -0.379 e. The molecule has 0 radical (unpaired) electrons. The molecule has 114 valence electrons. The molecule has 1 rings (SSSR count). The summed E-state index contributed by atoms with van der Waals surface area (Å²) in [4.78, 5) is 0. The second kappa shape index (κ2) is 12.6. The highest BCUT2D eigenvalue weighted by Crippen LogP contribution is 2.12. The summed E-state index contributed by atoms with van der Waals surface area (Å²) in [5.41, 5.74) is 13.1. The fraction of sp³-hybridized carbons (Fsp3) is 0.333. The van der Waals surface area contributed by atoms with Crippen LogP contribution in [0.3, 0.4) is 0 Å². The van der Waals surface area contributed by atoms with Crippen LogP contribution in [0.4, 0.5) is 0 Å². The maximum Gasteiger partial charge on any atom is 0.151 e. The minimum absolute atomic E-state index is 0. The molecule has 0 spiro atoms. The van der Waals surface area contributed by atoms with Crippen molar-refractivity contribution in [1.82, 2.24) is 0 Å². The molecule has 1 aromatic rings. The first-order valence-electron chi connectivity index (χ1n) is 5.59. The van der Waals surface area contributed by atoms with Crippen LogP contribution >= 0.6 is 57.5 Å². The molecule has 0 amide bonds. The Morgan fingerprint density at radius 2 is 1.30 bits per heavy atom. The summed E-state index contributed by atoms with van der Waals surface area (Å²) in [5.74, 6) is 1.67. The van der Waals surface area contributed by atoms with Crippen LogP contribution in [0.25, 0.3) is 0 Å². The number of thioether (sulfide) groups is 2. The van der Waals surface area contributed by atoms with Crippen molar-refractivity contribution in [3.8, 4) is 0 Å². The Bertz CT molecular complexity index is 394. The van der Waals surface area contributed by atoms with Crippen molar-refractivity contribution in [2.75, 3.05) is 11.5 Å². The van der Waals surface area contributed by atoms with Crippen molar-refractivity contribution < 1.29 is 0 Å². The van der Waals surface area contributed by atoms with Gasteiger partial charge in [-0.15, -0.1) is 34.0 Å². The van der Waals surface area contributed by atoms with Gasteiger partial charge in [-0.05, 0) is 24.0 Å². The van der Waals surface area contributed by atoms with E-state index in [1.54, 1.807) is 0 Å². The van der Waals surface area contributed by atoms with Crippen LogP contribution in [0.5, 0.6) is 0 Å². The van der Waals surface area contributed by atoms with Crippen LogP contribution in [0.2, 0.25) is 0 Å². The van der Waals surface area contributed by atoms with Gasteiger partial charge in [-0.25, -0.2) is 0 Å². The van der Waals surface area contributed by atoms with Crippen molar-refractivity contribution in [3.63, 3.8) is 0 Å². The van der Waals surface area contributed by atoms with Gasteiger partial charge in [-0.2, -0.15) is 0 Å². The first-order chi connectivity index (χ1) is 8.58. The minimum atomic E-state index is 0. The molecule has 0 unspecified atom stereocenters. The van der Waals surface area contributed by atoms with Crippen molar-refractivity contribution in [3.05, 3.63) is 35.4 Å². The number of hydrogen-bond donors (Lipinski definition) is 4. The highest BCUT2D eigenvalue weighted by atomic mass is 79.9. The maximum atomic E-state index is 7.14. The van der Waals surface area contributed by atoms with Crippen LogP contribution in [0.1, 0.15) is 11.1 Å². The number of nitrogens with two attached hydrogens (primary N) is 2. The molecule has 0 heterocycles. The molecule has 0 saturated carbocycles. The molecule has 0 saturated heterocycles. The largest absolute Gasteiger partial charge is 0.379 e. The molecule has 0 bridgehead atoms. The predicted molar refractivity (Wildman–Crippen MR) is 103 cm³/mol. The third-order valence-corrected chi connectivity index (χ3v) is 3.73. The summed E-state index contributed by atoms with van der Waals surface area (Å²) in [5, 5.41) is 14.6. The number of benzene rings is 1. The van der Waals surface area contributed by atoms with Crippen molar-refractivity contribution in [2.45, 2.75) is 12.8 Å². The number of amidine groups is 2. The Morgan fingerprint density at radius 3 is 1.65 bits per heavy atom. The fourth-order valence-corrected chi connectivity index (χ4v) is 2.61. The van der Waals surface area contributed by atoms with Gasteiger partial charge in [0, 0.05) is 11.5 Å². The highest BCUT2D eigenvalue weighted by Gasteiger charge is 1.99. The Hall–Kier alpha value is -0.180. The summed E-state index contributed by atoms with van der Waals surface area (Å²) in [6.07, 6.45) is 1.83. The third kappa shape index (κ3) is 10.6. The smallest absolute Gasteiger partial charge is 0.151 e. The average Bonchev–Trinajstić information content (AvgIpc) is 2.28. The molecule has 0 aromatic heterocycles. The first-order valence-corrected chi connectivity index (χ1v) is 7.56. The van der Waals surface area contributed by atoms with Gasteiger partial charge >= 0.3 is 0 Å². The molecule has 0 atom stereocenters. The lowest BCUT2D eigenvalue weighted by Crippen LogP contribution is -2.06. The summed E-state index contributed by atoms with van der Waals surface area (Å²) >= 11 is 2.73. The lowest BCUT2D eigenvalue weighted by Gasteiger charge is -2.05. The fourth-order valence-electron chi connectivity index (χ4n) is 1.50. The topological polar surface area (TPSA) is 99.7 Å². The molecule has 0 aliphatic carbocycles.